The van der Waals surface area contributed by atoms with Crippen LogP contribution in [-0.2, 0) is 6.54 Å². The van der Waals surface area contributed by atoms with Crippen LogP contribution in [0.1, 0.15) is 45.8 Å². The normalized spacial score (nSPS) is 21.6. The summed E-state index contributed by atoms with van der Waals surface area (Å²) in [5, 5.41) is 17.4. The van der Waals surface area contributed by atoms with Crippen molar-refractivity contribution in [1.82, 2.24) is 15.2 Å². The van der Waals surface area contributed by atoms with Crippen molar-refractivity contribution in [3.8, 4) is 11.1 Å². The Morgan fingerprint density at radius 2 is 1.78 bits per heavy atom. The van der Waals surface area contributed by atoms with E-state index in [1.165, 1.54) is 0 Å². The summed E-state index contributed by atoms with van der Waals surface area (Å²) < 4.78 is 0. The third kappa shape index (κ3) is 2.22. The molecule has 4 aromatic rings. The maximum atomic E-state index is 13.2. The molecule has 0 spiro atoms. The highest BCUT2D eigenvalue weighted by atomic mass is 16.3. The number of fused-ring (bicyclic) bond motifs is 10. The second-order valence-corrected chi connectivity index (χ2v) is 9.67. The second-order valence-electron chi connectivity index (χ2n) is 9.67. The van der Waals surface area contributed by atoms with Crippen molar-refractivity contribution >= 4 is 27.7 Å². The zero-order valence-electron chi connectivity index (χ0n) is 18.0. The van der Waals surface area contributed by atoms with Crippen LogP contribution >= 0.6 is 0 Å². The van der Waals surface area contributed by atoms with E-state index in [1.54, 1.807) is 0 Å². The van der Waals surface area contributed by atoms with E-state index >= 15 is 0 Å². The predicted octanol–water partition coefficient (Wildman–Crippen LogP) is 4.13. The van der Waals surface area contributed by atoms with Gasteiger partial charge < -0.3 is 20.3 Å². The highest BCUT2D eigenvalue weighted by Gasteiger charge is 2.48. The smallest absolute Gasteiger partial charge is 0.252 e. The molecular weight excluding hydrogens is 398 g/mol. The molecule has 0 saturated carbocycles. The Morgan fingerprint density at radius 3 is 2.62 bits per heavy atom. The molecule has 32 heavy (non-hydrogen) atoms. The number of aromatic amines is 1. The monoisotopic (exact) mass is 423 g/mol. The molecule has 3 aromatic carbocycles. The molecule has 0 radical (unpaired) electrons. The number of aromatic nitrogens is 1. The van der Waals surface area contributed by atoms with Crippen LogP contribution in [0.2, 0.25) is 0 Å². The second kappa shape index (κ2) is 6.21. The first-order valence-electron chi connectivity index (χ1n) is 11.4. The fourth-order valence-electron chi connectivity index (χ4n) is 6.43. The molecule has 0 bridgehead atoms. The first-order chi connectivity index (χ1) is 15.6. The number of hydrogen-bond donors (Lipinski definition) is 3. The van der Waals surface area contributed by atoms with Crippen LogP contribution < -0.4 is 5.32 Å². The Balaban J connectivity index is 1.64. The third-order valence-electron chi connectivity index (χ3n) is 7.97. The molecule has 3 aliphatic rings. The summed E-state index contributed by atoms with van der Waals surface area (Å²) in [6.45, 7) is 2.28. The van der Waals surface area contributed by atoms with Gasteiger partial charge in [0, 0.05) is 47.4 Å². The Hall–Kier alpha value is -3.15. The minimum absolute atomic E-state index is 0.00532. The molecule has 160 valence electrons. The first-order valence-corrected chi connectivity index (χ1v) is 11.4. The van der Waals surface area contributed by atoms with Crippen molar-refractivity contribution in [2.75, 3.05) is 20.1 Å². The molecule has 1 fully saturated rings. The maximum Gasteiger partial charge on any atom is 0.252 e. The lowest BCUT2D eigenvalue weighted by atomic mass is 9.74. The van der Waals surface area contributed by atoms with Crippen LogP contribution in [-0.4, -0.2) is 46.6 Å². The number of aliphatic hydroxyl groups is 1. The van der Waals surface area contributed by atoms with Crippen molar-refractivity contribution in [1.29, 1.82) is 0 Å². The quantitative estimate of drug-likeness (QED) is 0.431. The fraction of sp³-hybridized carbons (Fsp3) is 0.296. The number of H-pyrrole nitrogens is 1. The van der Waals surface area contributed by atoms with E-state index in [1.807, 2.05) is 12.1 Å². The number of likely N-dealkylation sites (tertiary alicyclic amines) is 1. The molecule has 1 atom stereocenters. The lowest BCUT2D eigenvalue weighted by molar-refractivity contribution is -0.0276. The Labute approximate surface area is 186 Å². The average Bonchev–Trinajstić information content (AvgIpc) is 3.47. The van der Waals surface area contributed by atoms with Gasteiger partial charge in [-0.25, -0.2) is 0 Å². The summed E-state index contributed by atoms with van der Waals surface area (Å²) in [5.41, 5.74) is 7.52. The summed E-state index contributed by atoms with van der Waals surface area (Å²) in [6, 6.07) is 16.7. The van der Waals surface area contributed by atoms with E-state index in [9.17, 15) is 9.90 Å². The first kappa shape index (κ1) is 18.4. The van der Waals surface area contributed by atoms with Gasteiger partial charge in [0.15, 0.2) is 0 Å². The number of hydrogen-bond acceptors (Lipinski definition) is 3. The number of carbonyl (C=O) groups excluding carboxylic acids is 1. The summed E-state index contributed by atoms with van der Waals surface area (Å²) in [5.74, 6) is -0.161. The summed E-state index contributed by atoms with van der Waals surface area (Å²) in [7, 11) is 2.11. The third-order valence-corrected chi connectivity index (χ3v) is 7.97. The molecule has 1 saturated heterocycles. The minimum Gasteiger partial charge on any atom is -0.389 e. The Bertz CT molecular complexity index is 1440. The van der Waals surface area contributed by atoms with E-state index in [0.29, 0.717) is 19.4 Å². The molecule has 3 heterocycles. The number of piperidine rings is 1. The topological polar surface area (TPSA) is 68.4 Å². The number of amides is 1. The highest BCUT2D eigenvalue weighted by Crippen LogP contribution is 2.57. The van der Waals surface area contributed by atoms with Crippen LogP contribution in [0, 0.1) is 0 Å². The van der Waals surface area contributed by atoms with Crippen LogP contribution in [0.3, 0.4) is 0 Å². The van der Waals surface area contributed by atoms with Crippen molar-refractivity contribution in [3.63, 3.8) is 0 Å². The van der Waals surface area contributed by atoms with E-state index in [0.717, 1.165) is 68.3 Å². The minimum atomic E-state index is -0.846. The lowest BCUT2D eigenvalue weighted by Crippen LogP contribution is -2.46. The SMILES string of the molecule is CN1CCC(O)(C2c3ccccc3-c3c4c(c5c([nH]c6ccccc65)c32)CNC4=O)CC1. The number of carbonyl (C=O) groups is 1. The Morgan fingerprint density at radius 1 is 1.03 bits per heavy atom. The summed E-state index contributed by atoms with van der Waals surface area (Å²) >= 11 is 0. The summed E-state index contributed by atoms with van der Waals surface area (Å²) in [6.07, 6.45) is 1.43. The molecule has 1 aliphatic carbocycles. The maximum absolute atomic E-state index is 13.2. The van der Waals surface area contributed by atoms with Crippen LogP contribution in [0.15, 0.2) is 48.5 Å². The van der Waals surface area contributed by atoms with Gasteiger partial charge in [0.2, 0.25) is 0 Å². The standard InChI is InChI=1S/C27H25N3O2/c1-30-12-10-27(32,11-13-30)24-16-7-3-2-6-15(16)21-22-18(14-28-26(22)31)20-17-8-4-5-9-19(17)29-25(20)23(21)24/h2-9,24,29,32H,10-14H2,1H3,(H,28,31). The molecule has 3 N–H and O–H groups in total. The van der Waals surface area contributed by atoms with Gasteiger partial charge in [0.25, 0.3) is 5.91 Å². The van der Waals surface area contributed by atoms with Crippen molar-refractivity contribution in [3.05, 3.63) is 70.8 Å². The van der Waals surface area contributed by atoms with Crippen LogP contribution in [0.5, 0.6) is 0 Å². The molecular formula is C27H25N3O2. The summed E-state index contributed by atoms with van der Waals surface area (Å²) in [4.78, 5) is 19.1. The number of nitrogens with zero attached hydrogens (tertiary/aromatic N) is 1. The van der Waals surface area contributed by atoms with Crippen LogP contribution in [0.4, 0.5) is 0 Å². The molecule has 1 unspecified atom stereocenters. The van der Waals surface area contributed by atoms with E-state index in [-0.39, 0.29) is 11.8 Å². The zero-order valence-corrected chi connectivity index (χ0v) is 18.0. The molecule has 5 nitrogen and oxygen atoms in total. The Kier molecular flexibility index (Phi) is 3.58. The number of rotatable bonds is 1. The fourth-order valence-corrected chi connectivity index (χ4v) is 6.43. The molecule has 2 aliphatic heterocycles. The van der Waals surface area contributed by atoms with Crippen molar-refractivity contribution in [2.24, 2.45) is 0 Å². The van der Waals surface area contributed by atoms with E-state index in [4.69, 9.17) is 0 Å². The van der Waals surface area contributed by atoms with Gasteiger partial charge in [-0.2, -0.15) is 0 Å². The predicted molar refractivity (Wildman–Crippen MR) is 126 cm³/mol. The largest absolute Gasteiger partial charge is 0.389 e. The number of benzene rings is 3. The number of para-hydroxylation sites is 1. The van der Waals surface area contributed by atoms with Crippen molar-refractivity contribution in [2.45, 2.75) is 30.9 Å². The van der Waals surface area contributed by atoms with Crippen LogP contribution in [0.25, 0.3) is 32.9 Å². The van der Waals surface area contributed by atoms with Gasteiger partial charge in [-0.15, -0.1) is 0 Å². The molecule has 1 amide bonds. The van der Waals surface area contributed by atoms with Gasteiger partial charge in [-0.3, -0.25) is 4.79 Å². The van der Waals surface area contributed by atoms with Gasteiger partial charge in [-0.05, 0) is 48.2 Å². The van der Waals surface area contributed by atoms with E-state index in [2.05, 4.69) is 58.6 Å². The molecule has 1 aromatic heterocycles. The molecule has 7 rings (SSSR count). The van der Waals surface area contributed by atoms with Gasteiger partial charge in [0.1, 0.15) is 0 Å². The lowest BCUT2D eigenvalue weighted by Gasteiger charge is -2.41. The molecule has 5 heteroatoms. The average molecular weight is 424 g/mol. The van der Waals surface area contributed by atoms with E-state index < -0.39 is 5.60 Å². The van der Waals surface area contributed by atoms with Gasteiger partial charge in [0.05, 0.1) is 16.7 Å². The number of nitrogens with one attached hydrogen (secondary N) is 2. The zero-order chi connectivity index (χ0) is 21.6. The van der Waals surface area contributed by atoms with Crippen molar-refractivity contribution < 1.29 is 9.90 Å². The van der Waals surface area contributed by atoms with Gasteiger partial charge >= 0.3 is 0 Å². The van der Waals surface area contributed by atoms with Gasteiger partial charge in [-0.1, -0.05) is 42.5 Å². The highest BCUT2D eigenvalue weighted by molar-refractivity contribution is 6.20.